The largest absolute Gasteiger partial charge is 0.336 e. The van der Waals surface area contributed by atoms with Gasteiger partial charge in [-0.25, -0.2) is 4.79 Å². The zero-order chi connectivity index (χ0) is 9.35. The molecule has 1 aliphatic heterocycles. The maximum atomic E-state index is 11.5. The van der Waals surface area contributed by atoms with Crippen LogP contribution in [0.5, 0.6) is 0 Å². The first-order valence-electron chi connectivity index (χ1n) is 3.53. The standard InChI is InChI=1S/C6H10N2O2S2/c1-3-6(2)4(9)8(12-11)5(10)7-6/h11H,3H2,1-2H3,(H,7,10)/t6-/m1/s1. The van der Waals surface area contributed by atoms with Gasteiger partial charge in [-0.2, -0.15) is 4.31 Å². The van der Waals surface area contributed by atoms with Crippen molar-refractivity contribution in [2.75, 3.05) is 0 Å². The van der Waals surface area contributed by atoms with E-state index < -0.39 is 5.54 Å². The van der Waals surface area contributed by atoms with E-state index in [0.717, 1.165) is 15.3 Å². The molecule has 1 N–H and O–H groups in total. The summed E-state index contributed by atoms with van der Waals surface area (Å²) in [6, 6.07) is -0.385. The summed E-state index contributed by atoms with van der Waals surface area (Å²) in [5, 5.41) is 2.60. The van der Waals surface area contributed by atoms with Gasteiger partial charge in [-0.15, -0.1) is 0 Å². The molecule has 1 atom stereocenters. The second kappa shape index (κ2) is 3.18. The molecule has 1 rings (SSSR count). The smallest absolute Gasteiger partial charge is 0.323 e. The van der Waals surface area contributed by atoms with Crippen LogP contribution in [0.3, 0.4) is 0 Å². The second-order valence-electron chi connectivity index (χ2n) is 2.80. The van der Waals surface area contributed by atoms with Crippen LogP contribution in [0.4, 0.5) is 4.79 Å². The summed E-state index contributed by atoms with van der Waals surface area (Å²) < 4.78 is 1.02. The molecule has 4 nitrogen and oxygen atoms in total. The number of imide groups is 1. The number of thiol groups is 1. The molecule has 0 unspecified atom stereocenters. The van der Waals surface area contributed by atoms with Crippen LogP contribution in [0.1, 0.15) is 20.3 Å². The van der Waals surface area contributed by atoms with E-state index >= 15 is 0 Å². The number of hydrogen-bond donors (Lipinski definition) is 2. The third-order valence-electron chi connectivity index (χ3n) is 2.01. The highest BCUT2D eigenvalue weighted by Crippen LogP contribution is 2.27. The number of nitrogens with one attached hydrogen (secondary N) is 1. The van der Waals surface area contributed by atoms with E-state index in [1.54, 1.807) is 6.92 Å². The maximum absolute atomic E-state index is 11.5. The molecule has 0 radical (unpaired) electrons. The first kappa shape index (κ1) is 9.73. The molecule has 0 spiro atoms. The van der Waals surface area contributed by atoms with E-state index in [0.29, 0.717) is 6.42 Å². The molecule has 3 amide bonds. The second-order valence-corrected chi connectivity index (χ2v) is 3.82. The number of rotatable bonds is 2. The lowest BCUT2D eigenvalue weighted by Gasteiger charge is -2.17. The minimum Gasteiger partial charge on any atom is -0.323 e. The van der Waals surface area contributed by atoms with Gasteiger partial charge in [-0.3, -0.25) is 4.79 Å². The van der Waals surface area contributed by atoms with Crippen LogP contribution in [0.15, 0.2) is 0 Å². The summed E-state index contributed by atoms with van der Waals surface area (Å²) in [5.41, 5.74) is -0.743. The van der Waals surface area contributed by atoms with Crippen molar-refractivity contribution in [3.8, 4) is 0 Å². The minimum atomic E-state index is -0.743. The van der Waals surface area contributed by atoms with Gasteiger partial charge in [0.1, 0.15) is 5.54 Å². The van der Waals surface area contributed by atoms with Crippen LogP contribution in [-0.2, 0) is 4.79 Å². The van der Waals surface area contributed by atoms with Crippen LogP contribution in [0.2, 0.25) is 0 Å². The lowest BCUT2D eigenvalue weighted by molar-refractivity contribution is -0.127. The van der Waals surface area contributed by atoms with Crippen molar-refractivity contribution in [3.63, 3.8) is 0 Å². The van der Waals surface area contributed by atoms with Crippen molar-refractivity contribution in [2.24, 2.45) is 0 Å². The molecule has 0 bridgehead atoms. The number of hydrogen-bond acceptors (Lipinski definition) is 4. The SMILES string of the molecule is CC[C@@]1(C)NC(=O)N(SS)C1=O. The van der Waals surface area contributed by atoms with Crippen molar-refractivity contribution < 1.29 is 9.59 Å². The van der Waals surface area contributed by atoms with Gasteiger partial charge in [-0.05, 0) is 13.3 Å². The number of carbonyl (C=O) groups excluding carboxylic acids is 2. The van der Waals surface area contributed by atoms with E-state index in [4.69, 9.17) is 0 Å². The Labute approximate surface area is 80.0 Å². The third-order valence-corrected chi connectivity index (χ3v) is 3.00. The van der Waals surface area contributed by atoms with Crippen LogP contribution in [0.25, 0.3) is 0 Å². The number of carbonyl (C=O) groups is 2. The molecule has 0 saturated carbocycles. The summed E-state index contributed by atoms with van der Waals surface area (Å²) in [6.45, 7) is 3.56. The Kier molecular flexibility index (Phi) is 2.58. The Morgan fingerprint density at radius 2 is 2.25 bits per heavy atom. The lowest BCUT2D eigenvalue weighted by atomic mass is 10.0. The van der Waals surface area contributed by atoms with Gasteiger partial charge in [0.05, 0.1) is 0 Å². The van der Waals surface area contributed by atoms with Crippen molar-refractivity contribution >= 4 is 34.6 Å². The summed E-state index contributed by atoms with van der Waals surface area (Å²) in [7, 11) is 0.832. The van der Waals surface area contributed by atoms with Crippen molar-refractivity contribution in [3.05, 3.63) is 0 Å². The van der Waals surface area contributed by atoms with Gasteiger partial charge < -0.3 is 5.32 Å². The molecule has 1 fully saturated rings. The molecule has 1 saturated heterocycles. The van der Waals surface area contributed by atoms with Crippen molar-refractivity contribution in [1.29, 1.82) is 0 Å². The van der Waals surface area contributed by atoms with E-state index in [2.05, 4.69) is 17.0 Å². The quantitative estimate of drug-likeness (QED) is 0.309. The first-order valence-corrected chi connectivity index (χ1v) is 5.36. The van der Waals surface area contributed by atoms with Crippen LogP contribution in [-0.4, -0.2) is 21.8 Å². The van der Waals surface area contributed by atoms with E-state index in [-0.39, 0.29) is 11.9 Å². The topological polar surface area (TPSA) is 49.4 Å². The molecule has 0 aromatic heterocycles. The molecular formula is C6H10N2O2S2. The van der Waals surface area contributed by atoms with E-state index in [1.807, 2.05) is 6.92 Å². The lowest BCUT2D eigenvalue weighted by Crippen LogP contribution is -2.42. The Balaban J connectivity index is 2.89. The van der Waals surface area contributed by atoms with Gasteiger partial charge in [0.15, 0.2) is 0 Å². The predicted octanol–water partition coefficient (Wildman–Crippen LogP) is 1.20. The summed E-state index contributed by atoms with van der Waals surface area (Å²) >= 11 is 3.81. The molecule has 0 aromatic rings. The van der Waals surface area contributed by atoms with Crippen LogP contribution < -0.4 is 5.32 Å². The normalized spacial score (nSPS) is 29.4. The molecule has 0 aromatic carbocycles. The highest BCUT2D eigenvalue weighted by molar-refractivity contribution is 8.67. The fourth-order valence-electron chi connectivity index (χ4n) is 0.970. The molecule has 1 aliphatic rings. The molecule has 1 heterocycles. The van der Waals surface area contributed by atoms with E-state index in [9.17, 15) is 9.59 Å². The number of nitrogens with zero attached hydrogens (tertiary/aromatic N) is 1. The number of urea groups is 1. The Bertz CT molecular complexity index is 234. The Hall–Kier alpha value is -0.360. The zero-order valence-electron chi connectivity index (χ0n) is 6.83. The monoisotopic (exact) mass is 206 g/mol. The predicted molar refractivity (Wildman–Crippen MR) is 50.7 cm³/mol. The van der Waals surface area contributed by atoms with Crippen molar-refractivity contribution in [1.82, 2.24) is 9.62 Å². The average Bonchev–Trinajstić information content (AvgIpc) is 2.25. The van der Waals surface area contributed by atoms with Gasteiger partial charge in [0.25, 0.3) is 5.91 Å². The average molecular weight is 206 g/mol. The van der Waals surface area contributed by atoms with Gasteiger partial charge in [0, 0.05) is 11.0 Å². The maximum Gasteiger partial charge on any atom is 0.336 e. The molecule has 0 aliphatic carbocycles. The summed E-state index contributed by atoms with van der Waals surface area (Å²) in [4.78, 5) is 22.6. The first-order chi connectivity index (χ1) is 5.55. The fraction of sp³-hybridized carbons (Fsp3) is 0.667. The fourth-order valence-corrected chi connectivity index (χ4v) is 1.81. The van der Waals surface area contributed by atoms with Crippen LogP contribution >= 0.6 is 22.6 Å². The molecular weight excluding hydrogens is 196 g/mol. The van der Waals surface area contributed by atoms with Gasteiger partial charge in [-0.1, -0.05) is 18.6 Å². The Morgan fingerprint density at radius 1 is 1.67 bits per heavy atom. The Morgan fingerprint density at radius 3 is 2.50 bits per heavy atom. The molecule has 68 valence electrons. The highest BCUT2D eigenvalue weighted by atomic mass is 33.1. The highest BCUT2D eigenvalue weighted by Gasteiger charge is 2.46. The van der Waals surface area contributed by atoms with E-state index in [1.165, 1.54) is 0 Å². The number of amides is 3. The minimum absolute atomic E-state index is 0.227. The van der Waals surface area contributed by atoms with Gasteiger partial charge in [0.2, 0.25) is 0 Å². The van der Waals surface area contributed by atoms with Gasteiger partial charge >= 0.3 is 6.03 Å². The molecule has 6 heteroatoms. The summed E-state index contributed by atoms with van der Waals surface area (Å²) in [5.74, 6) is -0.227. The third kappa shape index (κ3) is 1.29. The van der Waals surface area contributed by atoms with Crippen molar-refractivity contribution in [2.45, 2.75) is 25.8 Å². The zero-order valence-corrected chi connectivity index (χ0v) is 8.54. The molecule has 12 heavy (non-hydrogen) atoms. The van der Waals surface area contributed by atoms with Crippen LogP contribution in [0, 0.1) is 0 Å². The summed E-state index contributed by atoms with van der Waals surface area (Å²) in [6.07, 6.45) is 0.586.